The van der Waals surface area contributed by atoms with Gasteiger partial charge in [-0.3, -0.25) is 0 Å². The van der Waals surface area contributed by atoms with Gasteiger partial charge in [0.15, 0.2) is 5.16 Å². The number of nitrogens with one attached hydrogen (secondary N) is 1. The number of halogens is 1. The van der Waals surface area contributed by atoms with Crippen LogP contribution in [0.5, 0.6) is 5.75 Å². The van der Waals surface area contributed by atoms with E-state index < -0.39 is 0 Å². The van der Waals surface area contributed by atoms with E-state index in [0.29, 0.717) is 11.8 Å². The predicted molar refractivity (Wildman–Crippen MR) is 86.1 cm³/mol. The van der Waals surface area contributed by atoms with Crippen LogP contribution in [-0.2, 0) is 5.75 Å². The van der Waals surface area contributed by atoms with Crippen molar-refractivity contribution in [1.29, 1.82) is 0 Å². The van der Waals surface area contributed by atoms with Gasteiger partial charge in [-0.1, -0.05) is 29.4 Å². The van der Waals surface area contributed by atoms with E-state index in [4.69, 9.17) is 16.3 Å². The van der Waals surface area contributed by atoms with Crippen molar-refractivity contribution in [3.63, 3.8) is 0 Å². The molecule has 108 valence electrons. The number of H-pyrrole nitrogens is 1. The molecule has 3 aromatic rings. The Kier molecular flexibility index (Phi) is 4.31. The molecule has 0 amide bonds. The Labute approximate surface area is 131 Å². The number of aromatic amines is 1. The van der Waals surface area contributed by atoms with Gasteiger partial charge < -0.3 is 9.72 Å². The van der Waals surface area contributed by atoms with E-state index >= 15 is 0 Å². The molecule has 0 saturated heterocycles. The summed E-state index contributed by atoms with van der Waals surface area (Å²) in [7, 11) is 0. The summed E-state index contributed by atoms with van der Waals surface area (Å²) in [6.45, 7) is 2.62. The SMILES string of the molecule is CCOc1ccc2nc(SCc3cccnc3Cl)[nH]c2c1. The van der Waals surface area contributed by atoms with Crippen LogP contribution >= 0.6 is 23.4 Å². The molecule has 0 spiro atoms. The number of rotatable bonds is 5. The van der Waals surface area contributed by atoms with E-state index in [1.807, 2.05) is 37.3 Å². The zero-order chi connectivity index (χ0) is 14.7. The van der Waals surface area contributed by atoms with Crippen LogP contribution in [0.3, 0.4) is 0 Å². The van der Waals surface area contributed by atoms with Crippen molar-refractivity contribution in [2.75, 3.05) is 6.61 Å². The fourth-order valence-corrected chi connectivity index (χ4v) is 3.10. The van der Waals surface area contributed by atoms with Crippen LogP contribution in [0.1, 0.15) is 12.5 Å². The van der Waals surface area contributed by atoms with Gasteiger partial charge in [0, 0.05) is 18.0 Å². The highest BCUT2D eigenvalue weighted by Gasteiger charge is 2.07. The highest BCUT2D eigenvalue weighted by atomic mass is 35.5. The summed E-state index contributed by atoms with van der Waals surface area (Å²) in [4.78, 5) is 11.9. The van der Waals surface area contributed by atoms with E-state index in [1.165, 1.54) is 0 Å². The van der Waals surface area contributed by atoms with Crippen LogP contribution in [0.15, 0.2) is 41.7 Å². The third kappa shape index (κ3) is 3.31. The van der Waals surface area contributed by atoms with E-state index in [0.717, 1.165) is 33.3 Å². The Morgan fingerprint density at radius 2 is 2.24 bits per heavy atom. The summed E-state index contributed by atoms with van der Waals surface area (Å²) in [5, 5.41) is 1.40. The van der Waals surface area contributed by atoms with Crippen molar-refractivity contribution in [1.82, 2.24) is 15.0 Å². The minimum Gasteiger partial charge on any atom is -0.494 e. The van der Waals surface area contributed by atoms with Gasteiger partial charge in [0.05, 0.1) is 17.6 Å². The lowest BCUT2D eigenvalue weighted by Crippen LogP contribution is -1.90. The topological polar surface area (TPSA) is 50.8 Å². The molecule has 0 aliphatic heterocycles. The summed E-state index contributed by atoms with van der Waals surface area (Å²) in [6.07, 6.45) is 1.69. The van der Waals surface area contributed by atoms with Crippen molar-refractivity contribution in [2.24, 2.45) is 0 Å². The van der Waals surface area contributed by atoms with Gasteiger partial charge in [0.1, 0.15) is 10.9 Å². The lowest BCUT2D eigenvalue weighted by atomic mass is 10.3. The van der Waals surface area contributed by atoms with Crippen molar-refractivity contribution in [3.8, 4) is 5.75 Å². The number of benzene rings is 1. The molecule has 2 heterocycles. The Balaban J connectivity index is 1.77. The van der Waals surface area contributed by atoms with Gasteiger partial charge in [-0.2, -0.15) is 0 Å². The standard InChI is InChI=1S/C15H14ClN3OS/c1-2-20-11-5-6-12-13(8-11)19-15(18-12)21-9-10-4-3-7-17-14(10)16/h3-8H,2,9H2,1H3,(H,18,19). The average Bonchev–Trinajstić information content (AvgIpc) is 2.89. The monoisotopic (exact) mass is 319 g/mol. The van der Waals surface area contributed by atoms with E-state index in [2.05, 4.69) is 15.0 Å². The molecular formula is C15H14ClN3OS. The fraction of sp³-hybridized carbons (Fsp3) is 0.200. The molecule has 0 aliphatic carbocycles. The molecule has 1 aromatic carbocycles. The zero-order valence-corrected chi connectivity index (χ0v) is 13.0. The minimum absolute atomic E-state index is 0.541. The molecule has 0 saturated carbocycles. The minimum atomic E-state index is 0.541. The smallest absolute Gasteiger partial charge is 0.166 e. The molecule has 3 rings (SSSR count). The zero-order valence-electron chi connectivity index (χ0n) is 11.5. The average molecular weight is 320 g/mol. The number of pyridine rings is 1. The van der Waals surface area contributed by atoms with E-state index in [-0.39, 0.29) is 0 Å². The molecule has 0 bridgehead atoms. The maximum absolute atomic E-state index is 6.05. The van der Waals surface area contributed by atoms with Crippen molar-refractivity contribution >= 4 is 34.4 Å². The number of fused-ring (bicyclic) bond motifs is 1. The first-order valence-electron chi connectivity index (χ1n) is 6.61. The highest BCUT2D eigenvalue weighted by molar-refractivity contribution is 7.98. The Bertz CT molecular complexity index is 760. The molecule has 0 aliphatic rings. The molecule has 0 radical (unpaired) electrons. The first kappa shape index (κ1) is 14.2. The van der Waals surface area contributed by atoms with Gasteiger partial charge in [0.25, 0.3) is 0 Å². The van der Waals surface area contributed by atoms with E-state index in [9.17, 15) is 0 Å². The second kappa shape index (κ2) is 6.37. The lowest BCUT2D eigenvalue weighted by Gasteiger charge is -2.01. The molecule has 0 atom stereocenters. The number of nitrogens with zero attached hydrogens (tertiary/aromatic N) is 2. The maximum Gasteiger partial charge on any atom is 0.166 e. The third-order valence-electron chi connectivity index (χ3n) is 2.94. The van der Waals surface area contributed by atoms with E-state index in [1.54, 1.807) is 18.0 Å². The van der Waals surface area contributed by atoms with Crippen LogP contribution in [-0.4, -0.2) is 21.6 Å². The van der Waals surface area contributed by atoms with Crippen LogP contribution in [0.25, 0.3) is 11.0 Å². The second-order valence-corrected chi connectivity index (χ2v) is 5.72. The number of thioether (sulfide) groups is 1. The first-order chi connectivity index (χ1) is 10.3. The second-order valence-electron chi connectivity index (χ2n) is 4.40. The molecule has 1 N–H and O–H groups in total. The quantitative estimate of drug-likeness (QED) is 0.562. The number of ether oxygens (including phenoxy) is 1. The number of hydrogen-bond acceptors (Lipinski definition) is 4. The molecule has 0 fully saturated rings. The summed E-state index contributed by atoms with van der Waals surface area (Å²) in [5.74, 6) is 1.57. The van der Waals surface area contributed by atoms with Crippen molar-refractivity contribution in [2.45, 2.75) is 17.8 Å². The van der Waals surface area contributed by atoms with Crippen LogP contribution in [0, 0.1) is 0 Å². The number of hydrogen-bond donors (Lipinski definition) is 1. The van der Waals surface area contributed by atoms with Crippen LogP contribution in [0.4, 0.5) is 0 Å². The summed E-state index contributed by atoms with van der Waals surface area (Å²) >= 11 is 7.65. The Hall–Kier alpha value is -1.72. The lowest BCUT2D eigenvalue weighted by molar-refractivity contribution is 0.340. The predicted octanol–water partition coefficient (Wildman–Crippen LogP) is 4.30. The maximum atomic E-state index is 6.05. The van der Waals surface area contributed by atoms with Gasteiger partial charge in [-0.15, -0.1) is 0 Å². The third-order valence-corrected chi connectivity index (χ3v) is 4.21. The summed E-state index contributed by atoms with van der Waals surface area (Å²) in [6, 6.07) is 9.71. The van der Waals surface area contributed by atoms with Crippen LogP contribution < -0.4 is 4.74 Å². The molecule has 6 heteroatoms. The number of imidazole rings is 1. The number of aromatic nitrogens is 3. The van der Waals surface area contributed by atoms with Crippen molar-refractivity contribution < 1.29 is 4.74 Å². The molecule has 0 unspecified atom stereocenters. The molecule has 21 heavy (non-hydrogen) atoms. The van der Waals surface area contributed by atoms with Gasteiger partial charge in [-0.05, 0) is 30.7 Å². The van der Waals surface area contributed by atoms with Gasteiger partial charge >= 0.3 is 0 Å². The molecule has 4 nitrogen and oxygen atoms in total. The first-order valence-corrected chi connectivity index (χ1v) is 7.97. The Morgan fingerprint density at radius 3 is 3.05 bits per heavy atom. The largest absolute Gasteiger partial charge is 0.494 e. The molecule has 2 aromatic heterocycles. The molecular weight excluding hydrogens is 306 g/mol. The summed E-state index contributed by atoms with van der Waals surface area (Å²) in [5.41, 5.74) is 2.90. The van der Waals surface area contributed by atoms with Crippen LogP contribution in [0.2, 0.25) is 5.15 Å². The normalized spacial score (nSPS) is 11.0. The Morgan fingerprint density at radius 1 is 1.33 bits per heavy atom. The highest BCUT2D eigenvalue weighted by Crippen LogP contribution is 2.27. The van der Waals surface area contributed by atoms with Gasteiger partial charge in [0.2, 0.25) is 0 Å². The van der Waals surface area contributed by atoms with Crippen molar-refractivity contribution in [3.05, 3.63) is 47.2 Å². The summed E-state index contributed by atoms with van der Waals surface area (Å²) < 4.78 is 5.49. The fourth-order valence-electron chi connectivity index (χ4n) is 1.96. The van der Waals surface area contributed by atoms with Gasteiger partial charge in [-0.25, -0.2) is 9.97 Å².